The van der Waals surface area contributed by atoms with Crippen LogP contribution in [0.3, 0.4) is 0 Å². The summed E-state index contributed by atoms with van der Waals surface area (Å²) in [6, 6.07) is 5.80. The van der Waals surface area contributed by atoms with E-state index >= 15 is 0 Å². The highest BCUT2D eigenvalue weighted by molar-refractivity contribution is 7.13. The second-order valence-electron chi connectivity index (χ2n) is 7.50. The van der Waals surface area contributed by atoms with Crippen molar-refractivity contribution >= 4 is 51.9 Å². The minimum Gasteiger partial charge on any atom is -0.364 e. The van der Waals surface area contributed by atoms with Gasteiger partial charge in [0.25, 0.3) is 5.91 Å². The van der Waals surface area contributed by atoms with Crippen molar-refractivity contribution in [3.63, 3.8) is 0 Å². The van der Waals surface area contributed by atoms with E-state index in [1.807, 2.05) is 30.6 Å². The fourth-order valence-corrected chi connectivity index (χ4v) is 4.12. The predicted octanol–water partition coefficient (Wildman–Crippen LogP) is 2.55. The second-order valence-corrected chi connectivity index (χ2v) is 8.35. The molecule has 0 saturated carbocycles. The zero-order valence-electron chi connectivity index (χ0n) is 19.3. The molecule has 182 valence electrons. The van der Waals surface area contributed by atoms with Crippen LogP contribution >= 0.6 is 11.3 Å². The minimum atomic E-state index is -0.558. The average molecular weight is 495 g/mol. The molecule has 0 bridgehead atoms. The Labute approximate surface area is 206 Å². The summed E-state index contributed by atoms with van der Waals surface area (Å²) < 4.78 is 1.79. The third kappa shape index (κ3) is 6.12. The van der Waals surface area contributed by atoms with E-state index in [4.69, 9.17) is 5.73 Å². The van der Waals surface area contributed by atoms with E-state index < -0.39 is 5.91 Å². The van der Waals surface area contributed by atoms with Crippen LogP contribution in [-0.4, -0.2) is 54.7 Å². The monoisotopic (exact) mass is 494 g/mol. The molecule has 4 aromatic heterocycles. The minimum absolute atomic E-state index is 0.242. The van der Waals surface area contributed by atoms with Gasteiger partial charge in [-0.05, 0) is 38.8 Å². The number of primary amides is 1. The average Bonchev–Trinajstić information content (AvgIpc) is 3.64. The van der Waals surface area contributed by atoms with Crippen LogP contribution in [0.5, 0.6) is 0 Å². The van der Waals surface area contributed by atoms with Gasteiger partial charge < -0.3 is 21.3 Å². The van der Waals surface area contributed by atoms with Gasteiger partial charge in [-0.2, -0.15) is 10.1 Å². The normalized spacial score (nSPS) is 14.4. The number of anilines is 4. The maximum Gasteiger partial charge on any atom is 0.266 e. The zero-order valence-corrected chi connectivity index (χ0v) is 20.1. The van der Waals surface area contributed by atoms with Crippen LogP contribution < -0.4 is 21.3 Å². The molecule has 35 heavy (non-hydrogen) atoms. The van der Waals surface area contributed by atoms with E-state index in [1.54, 1.807) is 10.6 Å². The Morgan fingerprint density at radius 3 is 2.77 bits per heavy atom. The Balaban J connectivity index is 0.000000262. The van der Waals surface area contributed by atoms with Crippen molar-refractivity contribution in [3.8, 4) is 12.8 Å². The summed E-state index contributed by atoms with van der Waals surface area (Å²) in [5.41, 5.74) is 7.25. The number of nitrogens with zero attached hydrogens (tertiary/aromatic N) is 6. The summed E-state index contributed by atoms with van der Waals surface area (Å²) in [7, 11) is 0. The van der Waals surface area contributed by atoms with Gasteiger partial charge >= 0.3 is 0 Å². The molecule has 0 spiro atoms. The van der Waals surface area contributed by atoms with Gasteiger partial charge in [-0.25, -0.2) is 9.50 Å². The standard InChI is InChI=1S/C15H18N8O.C5H6N2OS.C2H2/c1-9-4-2-6-22(9)15-18-14(11-5-3-7-23(11)21-15)17-12-8-10(13(16)24)19-20-12;1-4-2-9-5(7-4)6-3-8;1-2/h3,5,7-9H,2,4,6H2,1H3,(H2,16,24)(H2,17,18,19,20,21);2-3H,1H3,(H,6,7,8);1-2H/t9-;;/m0../s1. The molecule has 0 radical (unpaired) electrons. The number of nitrogens with two attached hydrogens (primary N) is 1. The maximum atomic E-state index is 11.2. The van der Waals surface area contributed by atoms with Crippen LogP contribution in [0.4, 0.5) is 22.7 Å². The van der Waals surface area contributed by atoms with Gasteiger partial charge in [-0.3, -0.25) is 14.7 Å². The molecule has 4 aromatic rings. The third-order valence-electron chi connectivity index (χ3n) is 5.08. The zero-order chi connectivity index (χ0) is 25.4. The lowest BCUT2D eigenvalue weighted by Crippen LogP contribution is -2.29. The van der Waals surface area contributed by atoms with Gasteiger partial charge in [0.1, 0.15) is 11.2 Å². The molecular formula is C22H26N10O2S. The number of carbonyl (C=O) groups is 2. The van der Waals surface area contributed by atoms with Crippen molar-refractivity contribution < 1.29 is 9.59 Å². The van der Waals surface area contributed by atoms with Gasteiger partial charge in [0.2, 0.25) is 12.4 Å². The highest BCUT2D eigenvalue weighted by Crippen LogP contribution is 2.26. The number of fused-ring (bicyclic) bond motifs is 1. The lowest BCUT2D eigenvalue weighted by atomic mass is 10.2. The van der Waals surface area contributed by atoms with E-state index in [9.17, 15) is 9.59 Å². The number of carbonyl (C=O) groups excluding carboxylic acids is 2. The fraction of sp³-hybridized carbons (Fsp3) is 0.273. The summed E-state index contributed by atoms with van der Waals surface area (Å²) in [6.45, 7) is 5.00. The Morgan fingerprint density at radius 2 is 2.17 bits per heavy atom. The van der Waals surface area contributed by atoms with Crippen LogP contribution in [0.15, 0.2) is 29.8 Å². The number of rotatable bonds is 6. The maximum absolute atomic E-state index is 11.2. The molecule has 2 amide bonds. The van der Waals surface area contributed by atoms with Crippen molar-refractivity contribution in [1.29, 1.82) is 0 Å². The molecule has 5 rings (SSSR count). The van der Waals surface area contributed by atoms with Crippen molar-refractivity contribution in [1.82, 2.24) is 29.8 Å². The third-order valence-corrected chi connectivity index (χ3v) is 5.97. The molecule has 1 aliphatic heterocycles. The van der Waals surface area contributed by atoms with Crippen LogP contribution in [0, 0.1) is 19.8 Å². The Morgan fingerprint density at radius 1 is 1.37 bits per heavy atom. The number of aryl methyl sites for hydroxylation is 1. The highest BCUT2D eigenvalue weighted by atomic mass is 32.1. The van der Waals surface area contributed by atoms with Gasteiger partial charge in [0.15, 0.2) is 16.8 Å². The summed E-state index contributed by atoms with van der Waals surface area (Å²) in [5.74, 6) is 1.23. The first kappa shape index (κ1) is 25.2. The van der Waals surface area contributed by atoms with Gasteiger partial charge in [0.05, 0.1) is 5.69 Å². The van der Waals surface area contributed by atoms with E-state index in [1.165, 1.54) is 11.3 Å². The molecule has 1 atom stereocenters. The number of H-pyrrole nitrogens is 1. The summed E-state index contributed by atoms with van der Waals surface area (Å²) in [5, 5.41) is 19.4. The van der Waals surface area contributed by atoms with Gasteiger partial charge in [-0.1, -0.05) is 0 Å². The van der Waals surface area contributed by atoms with Crippen molar-refractivity contribution in [3.05, 3.63) is 41.2 Å². The number of terminal acetylenes is 1. The number of amides is 2. The quantitative estimate of drug-likeness (QED) is 0.235. The summed E-state index contributed by atoms with van der Waals surface area (Å²) in [4.78, 5) is 31.9. The number of aromatic nitrogens is 6. The van der Waals surface area contributed by atoms with E-state index in [0.717, 1.165) is 30.6 Å². The van der Waals surface area contributed by atoms with Crippen LogP contribution in [-0.2, 0) is 4.79 Å². The Hall–Kier alpha value is -4.44. The Bertz CT molecular complexity index is 1310. The molecule has 5 N–H and O–H groups in total. The number of hydrogen-bond donors (Lipinski definition) is 4. The molecule has 0 aromatic carbocycles. The molecule has 0 unspecified atom stereocenters. The van der Waals surface area contributed by atoms with E-state index in [-0.39, 0.29) is 5.69 Å². The fourth-order valence-electron chi connectivity index (χ4n) is 3.47. The lowest BCUT2D eigenvalue weighted by molar-refractivity contribution is -0.105. The number of thiazole rings is 1. The summed E-state index contributed by atoms with van der Waals surface area (Å²) >= 11 is 1.42. The molecule has 13 heteroatoms. The molecular weight excluding hydrogens is 468 g/mol. The number of hydrogen-bond acceptors (Lipinski definition) is 9. The van der Waals surface area contributed by atoms with Crippen molar-refractivity contribution in [2.75, 3.05) is 22.1 Å². The smallest absolute Gasteiger partial charge is 0.266 e. The van der Waals surface area contributed by atoms with Crippen LogP contribution in [0.2, 0.25) is 0 Å². The SMILES string of the molecule is C#C.C[C@H]1CCCN1c1nc(Nc2cc(C(N)=O)[nH]n2)c2cccn2n1.Cc1csc(NC=O)n1. The van der Waals surface area contributed by atoms with Crippen molar-refractivity contribution in [2.24, 2.45) is 5.73 Å². The van der Waals surface area contributed by atoms with Gasteiger partial charge in [-0.15, -0.1) is 29.3 Å². The highest BCUT2D eigenvalue weighted by Gasteiger charge is 2.24. The van der Waals surface area contributed by atoms with Crippen molar-refractivity contribution in [2.45, 2.75) is 32.7 Å². The molecule has 1 saturated heterocycles. The van der Waals surface area contributed by atoms with E-state index in [0.29, 0.717) is 35.2 Å². The largest absolute Gasteiger partial charge is 0.364 e. The first-order chi connectivity index (χ1) is 16.9. The van der Waals surface area contributed by atoms with Gasteiger partial charge in [0, 0.05) is 30.2 Å². The molecule has 12 nitrogen and oxygen atoms in total. The Kier molecular flexibility index (Phi) is 8.36. The molecule has 5 heterocycles. The molecule has 1 aliphatic rings. The topological polar surface area (TPSA) is 159 Å². The lowest BCUT2D eigenvalue weighted by Gasteiger charge is -2.21. The number of aromatic amines is 1. The van der Waals surface area contributed by atoms with E-state index in [2.05, 4.69) is 60.6 Å². The predicted molar refractivity (Wildman–Crippen MR) is 136 cm³/mol. The first-order valence-electron chi connectivity index (χ1n) is 10.6. The van der Waals surface area contributed by atoms with Crippen LogP contribution in [0.1, 0.15) is 35.9 Å². The second kappa shape index (κ2) is 11.6. The van der Waals surface area contributed by atoms with Crippen LogP contribution in [0.25, 0.3) is 5.52 Å². The summed E-state index contributed by atoms with van der Waals surface area (Å²) in [6.07, 6.45) is 12.8. The number of nitrogens with one attached hydrogen (secondary N) is 3. The molecule has 0 aliphatic carbocycles. The first-order valence-corrected chi connectivity index (χ1v) is 11.5. The molecule has 1 fully saturated rings.